The van der Waals surface area contributed by atoms with Gasteiger partial charge in [0.05, 0.1) is 21.7 Å². The summed E-state index contributed by atoms with van der Waals surface area (Å²) in [6, 6.07) is 11.9. The topological polar surface area (TPSA) is 129 Å². The van der Waals surface area contributed by atoms with Crippen molar-refractivity contribution >= 4 is 48.5 Å². The lowest BCUT2D eigenvalue weighted by molar-refractivity contribution is -0.149. The summed E-state index contributed by atoms with van der Waals surface area (Å²) in [7, 11) is -4.26. The van der Waals surface area contributed by atoms with E-state index >= 15 is 0 Å². The van der Waals surface area contributed by atoms with Gasteiger partial charge in [0.1, 0.15) is 11.8 Å². The molecule has 1 heterocycles. The highest BCUT2D eigenvalue weighted by molar-refractivity contribution is 7.55. The molecule has 4 rings (SSSR count). The van der Waals surface area contributed by atoms with Crippen LogP contribution < -0.4 is 14.9 Å². The average Bonchev–Trinajstić information content (AvgIpc) is 3.38. The molecule has 0 bridgehead atoms. The van der Waals surface area contributed by atoms with Crippen molar-refractivity contribution in [1.82, 2.24) is 20.0 Å². The molecule has 0 spiro atoms. The maximum absolute atomic E-state index is 14.5. The predicted molar refractivity (Wildman–Crippen MR) is 165 cm³/mol. The minimum Gasteiger partial charge on any atom is -0.462 e. The molecule has 2 atom stereocenters. The maximum Gasteiger partial charge on any atom is 0.440 e. The quantitative estimate of drug-likeness (QED) is 0.127. The van der Waals surface area contributed by atoms with Crippen LogP contribution >= 0.6 is 30.9 Å². The minimum absolute atomic E-state index is 0.0516. The first kappa shape index (κ1) is 32.7. The Labute approximate surface area is 261 Å². The normalized spacial score (nSPS) is 15.9. The summed E-state index contributed by atoms with van der Waals surface area (Å²) in [5.74, 6) is -1.40. The number of carbonyl (C=O) groups is 3. The number of esters is 1. The number of halogens is 2. The summed E-state index contributed by atoms with van der Waals surface area (Å²) >= 11 is 12.6. The smallest absolute Gasteiger partial charge is 0.440 e. The second-order valence-electron chi connectivity index (χ2n) is 10.7. The molecule has 1 aliphatic rings. The molecular formula is C30H35Cl2N4O6P. The molecule has 1 unspecified atom stereocenters. The summed E-state index contributed by atoms with van der Waals surface area (Å²) in [5.41, 5.74) is 0.188. The van der Waals surface area contributed by atoms with Gasteiger partial charge in [-0.25, -0.2) is 9.65 Å². The fourth-order valence-corrected chi connectivity index (χ4v) is 7.12. The zero-order valence-electron chi connectivity index (χ0n) is 24.2. The molecular weight excluding hydrogens is 614 g/mol. The SMILES string of the molecule is CC(C)OC(=O)[C@H](C)NP(=O)(Oc1ccccc1)n1cc(CC(=O)c2c(Cl)cccc2Cl)c(C(=O)NC2CCCCC2)n1. The van der Waals surface area contributed by atoms with E-state index in [1.165, 1.54) is 13.1 Å². The predicted octanol–water partition coefficient (Wildman–Crippen LogP) is 6.64. The fourth-order valence-electron chi connectivity index (χ4n) is 4.76. The number of ether oxygens (including phenoxy) is 1. The van der Waals surface area contributed by atoms with Gasteiger partial charge in [-0.2, -0.15) is 9.55 Å². The zero-order chi connectivity index (χ0) is 31.1. The standard InChI is InChI=1S/C30H35Cl2N4O6P/c1-19(2)41-30(39)20(3)35-43(40,42-23-13-8-5-9-14-23)36-18-21(17-26(37)27-24(31)15-10-16-25(27)32)28(34-36)29(38)33-22-11-6-4-7-12-22/h5,8-10,13-16,18-20,22H,4,6-7,11-12,17H2,1-3H3,(H,33,38)(H,35,40)/t20-,43?/m0/s1. The number of para-hydroxylation sites is 1. The van der Waals surface area contributed by atoms with Crippen LogP contribution in [0, 0.1) is 0 Å². The number of Topliss-reactive ketones (excluding diaryl/α,β-unsaturated/α-hetero) is 1. The molecule has 2 N–H and O–H groups in total. The summed E-state index contributed by atoms with van der Waals surface area (Å²) in [4.78, 5) is 39.6. The van der Waals surface area contributed by atoms with Gasteiger partial charge in [-0.3, -0.25) is 14.4 Å². The summed E-state index contributed by atoms with van der Waals surface area (Å²) in [6.07, 6.45) is 5.32. The molecule has 1 aliphatic carbocycles. The van der Waals surface area contributed by atoms with Crippen LogP contribution in [-0.4, -0.2) is 45.4 Å². The van der Waals surface area contributed by atoms with Crippen LogP contribution in [-0.2, 0) is 20.5 Å². The third-order valence-electron chi connectivity index (χ3n) is 6.83. The highest BCUT2D eigenvalue weighted by atomic mass is 35.5. The molecule has 0 aliphatic heterocycles. The van der Waals surface area contributed by atoms with E-state index in [2.05, 4.69) is 15.5 Å². The Morgan fingerprint density at radius 2 is 1.65 bits per heavy atom. The van der Waals surface area contributed by atoms with Gasteiger partial charge in [-0.1, -0.05) is 66.7 Å². The molecule has 1 aromatic heterocycles. The summed E-state index contributed by atoms with van der Waals surface area (Å²) in [5, 5.41) is 10.4. The summed E-state index contributed by atoms with van der Waals surface area (Å²) < 4.78 is 26.7. The number of carbonyl (C=O) groups excluding carboxylic acids is 3. The van der Waals surface area contributed by atoms with Gasteiger partial charge in [-0.15, -0.1) is 0 Å². The van der Waals surface area contributed by atoms with E-state index in [4.69, 9.17) is 32.5 Å². The molecule has 1 saturated carbocycles. The molecule has 230 valence electrons. The monoisotopic (exact) mass is 648 g/mol. The largest absolute Gasteiger partial charge is 0.462 e. The number of nitrogens with one attached hydrogen (secondary N) is 2. The van der Waals surface area contributed by atoms with E-state index in [0.717, 1.165) is 36.6 Å². The minimum atomic E-state index is -4.26. The highest BCUT2D eigenvalue weighted by Gasteiger charge is 2.36. The van der Waals surface area contributed by atoms with Gasteiger partial charge >= 0.3 is 13.6 Å². The molecule has 0 radical (unpaired) electrons. The van der Waals surface area contributed by atoms with Crippen molar-refractivity contribution in [3.8, 4) is 5.75 Å². The van der Waals surface area contributed by atoms with Gasteiger partial charge in [-0.05, 0) is 57.9 Å². The number of rotatable bonds is 12. The third kappa shape index (κ3) is 8.48. The van der Waals surface area contributed by atoms with Gasteiger partial charge in [0.25, 0.3) is 5.91 Å². The van der Waals surface area contributed by atoms with Crippen LogP contribution in [0.15, 0.2) is 54.7 Å². The Hall–Kier alpha value is -3.17. The third-order valence-corrected chi connectivity index (χ3v) is 9.38. The van der Waals surface area contributed by atoms with E-state index in [0.29, 0.717) is 0 Å². The van der Waals surface area contributed by atoms with Gasteiger partial charge < -0.3 is 14.6 Å². The van der Waals surface area contributed by atoms with Crippen LogP contribution in [0.5, 0.6) is 5.75 Å². The fraction of sp³-hybridized carbons (Fsp3) is 0.400. The Morgan fingerprint density at radius 1 is 1.00 bits per heavy atom. The zero-order valence-corrected chi connectivity index (χ0v) is 26.6. The van der Waals surface area contributed by atoms with Crippen LogP contribution in [0.3, 0.4) is 0 Å². The van der Waals surface area contributed by atoms with Gasteiger partial charge in [0.2, 0.25) is 0 Å². The van der Waals surface area contributed by atoms with E-state index < -0.39 is 37.5 Å². The molecule has 43 heavy (non-hydrogen) atoms. The molecule has 13 heteroatoms. The van der Waals surface area contributed by atoms with Crippen molar-refractivity contribution in [1.29, 1.82) is 0 Å². The Kier molecular flexibility index (Phi) is 11.1. The number of hydrogen-bond donors (Lipinski definition) is 2. The van der Waals surface area contributed by atoms with E-state index in [9.17, 15) is 18.9 Å². The van der Waals surface area contributed by atoms with Gasteiger partial charge in [0.15, 0.2) is 11.5 Å². The number of amides is 1. The Balaban J connectivity index is 1.75. The lowest BCUT2D eigenvalue weighted by Gasteiger charge is -2.24. The number of aromatic nitrogens is 2. The van der Waals surface area contributed by atoms with Crippen molar-refractivity contribution < 1.29 is 28.2 Å². The van der Waals surface area contributed by atoms with Crippen molar-refractivity contribution in [2.75, 3.05) is 0 Å². The van der Waals surface area contributed by atoms with Crippen LogP contribution in [0.2, 0.25) is 10.0 Å². The van der Waals surface area contributed by atoms with Gasteiger partial charge in [0, 0.05) is 24.2 Å². The number of ketones is 1. The number of nitrogens with zero attached hydrogens (tertiary/aromatic N) is 2. The molecule has 3 aromatic rings. The molecule has 0 saturated heterocycles. The Morgan fingerprint density at radius 3 is 2.28 bits per heavy atom. The van der Waals surface area contributed by atoms with E-state index in [1.54, 1.807) is 62.4 Å². The molecule has 2 aromatic carbocycles. The number of benzene rings is 2. The first-order valence-electron chi connectivity index (χ1n) is 14.2. The van der Waals surface area contributed by atoms with Crippen molar-refractivity contribution in [3.05, 3.63) is 81.6 Å². The van der Waals surface area contributed by atoms with E-state index in [-0.39, 0.29) is 45.1 Å². The van der Waals surface area contributed by atoms with E-state index in [1.807, 2.05) is 0 Å². The highest BCUT2D eigenvalue weighted by Crippen LogP contribution is 2.45. The van der Waals surface area contributed by atoms with Crippen molar-refractivity contribution in [2.24, 2.45) is 0 Å². The number of hydrogen-bond acceptors (Lipinski definition) is 7. The molecule has 1 amide bonds. The first-order valence-corrected chi connectivity index (χ1v) is 16.5. The first-order chi connectivity index (χ1) is 20.5. The van der Waals surface area contributed by atoms with Crippen LogP contribution in [0.4, 0.5) is 0 Å². The second-order valence-corrected chi connectivity index (χ2v) is 13.4. The van der Waals surface area contributed by atoms with Crippen LogP contribution in [0.1, 0.15) is 79.3 Å². The van der Waals surface area contributed by atoms with Crippen molar-refractivity contribution in [2.45, 2.75) is 77.5 Å². The maximum atomic E-state index is 14.5. The van der Waals surface area contributed by atoms with Crippen molar-refractivity contribution in [3.63, 3.8) is 0 Å². The molecule has 10 nitrogen and oxygen atoms in total. The van der Waals surface area contributed by atoms with Crippen LogP contribution in [0.25, 0.3) is 0 Å². The lowest BCUT2D eigenvalue weighted by atomic mass is 9.95. The second kappa shape index (κ2) is 14.5. The molecule has 1 fully saturated rings. The summed E-state index contributed by atoms with van der Waals surface area (Å²) in [6.45, 7) is 4.88. The lowest BCUT2D eigenvalue weighted by Crippen LogP contribution is -2.38. The average molecular weight is 650 g/mol. The Bertz CT molecular complexity index is 1490.